The number of fused-ring (bicyclic) bond motifs is 3. The molecule has 5 aromatic carbocycles. The Balaban J connectivity index is 0.000000473. The quantitative estimate of drug-likeness (QED) is 0.0131. The van der Waals surface area contributed by atoms with Crippen molar-refractivity contribution in [3.63, 3.8) is 0 Å². The molecule has 0 unspecified atom stereocenters. The molecule has 0 spiro atoms. The predicted octanol–water partition coefficient (Wildman–Crippen LogP) is 8.10. The minimum absolute atomic E-state index is 0. The van der Waals surface area contributed by atoms with E-state index < -0.39 is 94.9 Å². The molecule has 0 fully saturated rings. The van der Waals surface area contributed by atoms with Crippen LogP contribution < -0.4 is 24.2 Å². The molecule has 31 heteroatoms. The van der Waals surface area contributed by atoms with Gasteiger partial charge in [0, 0.05) is 108 Å². The maximum Gasteiger partial charge on any atom is 1.00 e. The number of esters is 3. The van der Waals surface area contributed by atoms with Crippen LogP contribution in [0.3, 0.4) is 0 Å². The molecule has 3 atom stereocenters. The molecule has 7 rings (SSSR count). The van der Waals surface area contributed by atoms with E-state index in [9.17, 15) is 62.3 Å². The summed E-state index contributed by atoms with van der Waals surface area (Å²) in [5.74, 6) is -4.38. The number of hydrogen-bond acceptors (Lipinski definition) is 22. The fraction of sp³-hybridized carbons (Fsp3) is 0.494. The fourth-order valence-electron chi connectivity index (χ4n) is 12.1. The summed E-state index contributed by atoms with van der Waals surface area (Å²) in [5, 5.41) is 2.86. The Hall–Kier alpha value is -10.9. The molecule has 650 valence electrons. The number of unbranched alkanes of at least 4 members (excludes halogenated alkanes) is 2. The van der Waals surface area contributed by atoms with Crippen molar-refractivity contribution in [1.82, 2.24) is 44.5 Å². The van der Waals surface area contributed by atoms with Crippen molar-refractivity contribution >= 4 is 77.5 Å². The van der Waals surface area contributed by atoms with Gasteiger partial charge in [-0.05, 0) is 133 Å². The summed E-state index contributed by atoms with van der Waals surface area (Å²) in [6.45, 7) is 17.6. The van der Waals surface area contributed by atoms with E-state index in [0.717, 1.165) is 43.8 Å². The van der Waals surface area contributed by atoms with Gasteiger partial charge in [-0.15, -0.1) is 0 Å². The third-order valence-electron chi connectivity index (χ3n) is 19.0. The van der Waals surface area contributed by atoms with Crippen LogP contribution in [-0.2, 0) is 96.1 Å². The van der Waals surface area contributed by atoms with E-state index in [1.165, 1.54) is 60.5 Å². The fourth-order valence-corrected chi connectivity index (χ4v) is 12.1. The first kappa shape index (κ1) is 103. The summed E-state index contributed by atoms with van der Waals surface area (Å²) < 4.78 is 37.9. The summed E-state index contributed by atoms with van der Waals surface area (Å²) in [6, 6.07) is 40.7. The maximum atomic E-state index is 13.7. The second-order valence-electron chi connectivity index (χ2n) is 32.1. The molecule has 120 heavy (non-hydrogen) atoms. The average molecular weight is 1660 g/mol. The van der Waals surface area contributed by atoms with Gasteiger partial charge in [-0.3, -0.25) is 48.1 Å². The molecule has 0 radical (unpaired) electrons. The SMILES string of the molecule is CN(CCN(C)C(=O)[C@H](CC(=O)OCc1ccccc1)N(C)C(=O)CCCCCC1C(=O)C=CC1=O)C(=O)OC(C)(C)C.CN(CCN(C)C(=O)[C@H](CC(=O)OCc1ccccc1)N(C)C(=O)OCC1c2ccccc2-c2ccccc21)C(=O)OC(C)(C)C.CN[C@@H](CC(=O)OCc1ccccc1)C(=O)N(C)CCN(C)C(=O)OC(C)(C)C.[Li+].[OH-]. The Morgan fingerprint density at radius 2 is 0.708 bits per heavy atom. The molecule has 0 aliphatic heterocycles. The van der Waals surface area contributed by atoms with Gasteiger partial charge in [0.25, 0.3) is 0 Å². The van der Waals surface area contributed by atoms with Crippen LogP contribution in [0.2, 0.25) is 0 Å². The number of benzene rings is 5. The van der Waals surface area contributed by atoms with E-state index in [0.29, 0.717) is 38.8 Å². The minimum atomic E-state index is -1.20. The number of ketones is 2. The molecule has 2 aliphatic rings. The van der Waals surface area contributed by atoms with E-state index in [1.807, 2.05) is 140 Å². The monoisotopic (exact) mass is 1660 g/mol. The van der Waals surface area contributed by atoms with Crippen LogP contribution in [-0.4, -0.2) is 266 Å². The van der Waals surface area contributed by atoms with Crippen molar-refractivity contribution in [2.75, 3.05) is 109 Å². The number of rotatable bonds is 35. The van der Waals surface area contributed by atoms with Gasteiger partial charge in [0.1, 0.15) is 55.3 Å². The first-order chi connectivity index (χ1) is 55.6. The predicted molar refractivity (Wildman–Crippen MR) is 446 cm³/mol. The molecule has 0 aromatic heterocycles. The normalized spacial score (nSPS) is 12.8. The molecular formula is C89H122LiN9O21. The van der Waals surface area contributed by atoms with Gasteiger partial charge in [0.15, 0.2) is 11.6 Å². The van der Waals surface area contributed by atoms with Crippen molar-refractivity contribution < 1.29 is 120 Å². The second kappa shape index (κ2) is 50.2. The van der Waals surface area contributed by atoms with E-state index >= 15 is 0 Å². The number of carbonyl (C=O) groups excluding carboxylic acids is 13. The van der Waals surface area contributed by atoms with Gasteiger partial charge in [0.05, 0.1) is 31.2 Å². The van der Waals surface area contributed by atoms with Crippen molar-refractivity contribution in [3.05, 3.63) is 179 Å². The average Bonchev–Trinajstić information content (AvgIpc) is 1.61. The van der Waals surface area contributed by atoms with Gasteiger partial charge < -0.3 is 78.3 Å². The Kier molecular flexibility index (Phi) is 43.2. The molecule has 0 heterocycles. The second-order valence-corrected chi connectivity index (χ2v) is 32.1. The van der Waals surface area contributed by atoms with Crippen LogP contribution in [0.1, 0.15) is 147 Å². The maximum absolute atomic E-state index is 13.7. The number of allylic oxidation sites excluding steroid dienone is 2. The van der Waals surface area contributed by atoms with Gasteiger partial charge in [-0.2, -0.15) is 0 Å². The Morgan fingerprint density at radius 1 is 0.383 bits per heavy atom. The molecule has 0 bridgehead atoms. The van der Waals surface area contributed by atoms with Crippen LogP contribution >= 0.6 is 0 Å². The van der Waals surface area contributed by atoms with Crippen molar-refractivity contribution in [2.45, 2.75) is 174 Å². The van der Waals surface area contributed by atoms with E-state index in [1.54, 1.807) is 112 Å². The molecule has 8 amide bonds. The van der Waals surface area contributed by atoms with Crippen molar-refractivity contribution in [2.24, 2.45) is 5.92 Å². The van der Waals surface area contributed by atoms with Gasteiger partial charge in [0.2, 0.25) is 23.6 Å². The third kappa shape index (κ3) is 35.6. The van der Waals surface area contributed by atoms with E-state index in [-0.39, 0.29) is 132 Å². The topological polar surface area (TPSA) is 354 Å². The summed E-state index contributed by atoms with van der Waals surface area (Å²) in [6.07, 6.45) is 1.90. The van der Waals surface area contributed by atoms with Crippen LogP contribution in [0, 0.1) is 5.92 Å². The molecule has 5 aromatic rings. The summed E-state index contributed by atoms with van der Waals surface area (Å²) in [7, 11) is 14.0. The van der Waals surface area contributed by atoms with E-state index in [2.05, 4.69) is 5.32 Å². The first-order valence-corrected chi connectivity index (χ1v) is 39.5. The minimum Gasteiger partial charge on any atom is -0.870 e. The Morgan fingerprint density at radius 3 is 1.07 bits per heavy atom. The van der Waals surface area contributed by atoms with Crippen molar-refractivity contribution in [1.29, 1.82) is 0 Å². The molecule has 2 aliphatic carbocycles. The molecule has 0 saturated heterocycles. The molecular weight excluding hydrogens is 1540 g/mol. The summed E-state index contributed by atoms with van der Waals surface area (Å²) in [4.78, 5) is 175. The van der Waals surface area contributed by atoms with Gasteiger partial charge >= 0.3 is 61.1 Å². The standard InChI is InChI=1S/C36H43N3O7.C32H45N3O8.C21H33N3O5.Li.H2O/c1-36(2,3)46-34(42)38(5)21-20-37(4)33(41)31(22-32(40)44-23-25-14-8-7-9-15-25)39(6)35(43)45-24-30-28-18-12-10-16-26(28)27-17-11-13-19-29(27)30;1-32(2,3)43-31(41)34(5)20-19-33(4)30(40)25(21-29(39)42-22-23-13-9-7-10-14-23)35(6)28(38)16-12-8-11-15-24-26(36)17-18-27(24)37;1-21(2,3)29-20(27)24(6)13-12-23(5)19(26)17(22-4)14-18(25)28-15-16-10-8-7-9-11-16;;/h7-19,30-31H,20-24H2,1-6H3;7,9-10,13-14,17-18,24-25H,8,11-12,15-16,19-22H2,1-6H3;7-11,17,22H,12-15H2,1-6H3;;1H2/q;;;+1;/p-1/t31-;25-;17-;;/m000../s1. The van der Waals surface area contributed by atoms with Crippen LogP contribution in [0.25, 0.3) is 11.1 Å². The van der Waals surface area contributed by atoms with Gasteiger partial charge in [-0.1, -0.05) is 152 Å². The summed E-state index contributed by atoms with van der Waals surface area (Å²) >= 11 is 0. The van der Waals surface area contributed by atoms with Gasteiger partial charge in [-0.25, -0.2) is 19.2 Å². The number of hydrogen-bond donors (Lipinski definition) is 1. The smallest absolute Gasteiger partial charge is 0.870 e. The molecule has 30 nitrogen and oxygen atoms in total. The van der Waals surface area contributed by atoms with Crippen molar-refractivity contribution in [3.8, 4) is 11.1 Å². The number of likely N-dealkylation sites (N-methyl/N-ethyl adjacent to an activating group) is 9. The molecule has 2 N–H and O–H groups in total. The number of amides is 8. The zero-order valence-electron chi connectivity index (χ0n) is 73.2. The van der Waals surface area contributed by atoms with Crippen LogP contribution in [0.15, 0.2) is 152 Å². The zero-order valence-corrected chi connectivity index (χ0v) is 73.2. The molecule has 0 saturated carbocycles. The number of nitrogens with one attached hydrogen (secondary N) is 1. The number of ether oxygens (including phenoxy) is 7. The third-order valence-corrected chi connectivity index (χ3v) is 19.0. The largest absolute Gasteiger partial charge is 1.00 e. The van der Waals surface area contributed by atoms with Crippen LogP contribution in [0.5, 0.6) is 0 Å². The summed E-state index contributed by atoms with van der Waals surface area (Å²) in [5.41, 5.74) is 4.89. The first-order valence-electron chi connectivity index (χ1n) is 39.5. The van der Waals surface area contributed by atoms with E-state index in [4.69, 9.17) is 33.2 Å². The number of nitrogens with zero attached hydrogens (tertiary/aromatic N) is 8. The Bertz CT molecular complexity index is 4150. The number of carbonyl (C=O) groups is 13. The van der Waals surface area contributed by atoms with Crippen LogP contribution in [0.4, 0.5) is 19.2 Å². The Labute approximate surface area is 718 Å². The zero-order chi connectivity index (χ0) is 87.6.